The number of hydrogen-bond donors (Lipinski definition) is 1. The first-order valence-corrected chi connectivity index (χ1v) is 13.2. The first kappa shape index (κ1) is 23.2. The van der Waals surface area contributed by atoms with Crippen LogP contribution in [0.3, 0.4) is 0 Å². The molecule has 2 heterocycles. The van der Waals surface area contributed by atoms with Crippen molar-refractivity contribution in [3.63, 3.8) is 0 Å². The lowest BCUT2D eigenvalue weighted by atomic mass is 10.0. The smallest absolute Gasteiger partial charge is 0.250 e. The van der Waals surface area contributed by atoms with Crippen molar-refractivity contribution in [3.8, 4) is 0 Å². The summed E-state index contributed by atoms with van der Waals surface area (Å²) < 4.78 is 29.5. The molecule has 170 valence electrons. The Morgan fingerprint density at radius 2 is 1.91 bits per heavy atom. The number of nitrogens with one attached hydrogen (secondary N) is 1. The van der Waals surface area contributed by atoms with Crippen LogP contribution in [-0.2, 0) is 14.8 Å². The van der Waals surface area contributed by atoms with E-state index in [0.717, 1.165) is 33.5 Å². The first-order valence-electron chi connectivity index (χ1n) is 10.5. The molecule has 1 aromatic heterocycles. The van der Waals surface area contributed by atoms with Gasteiger partial charge in [-0.3, -0.25) is 4.79 Å². The van der Waals surface area contributed by atoms with Gasteiger partial charge in [0.25, 0.3) is 10.0 Å². The Balaban J connectivity index is 1.49. The average Bonchev–Trinajstić information content (AvgIpc) is 3.33. The van der Waals surface area contributed by atoms with Gasteiger partial charge in [-0.2, -0.15) is 4.72 Å². The summed E-state index contributed by atoms with van der Waals surface area (Å²) in [5.74, 6) is -0.231. The number of hydrogen-bond acceptors (Lipinski definition) is 5. The van der Waals surface area contributed by atoms with E-state index in [2.05, 4.69) is 16.5 Å². The normalized spacial score (nSPS) is 18.1. The Morgan fingerprint density at radius 1 is 1.19 bits per heavy atom. The molecule has 32 heavy (non-hydrogen) atoms. The lowest BCUT2D eigenvalue weighted by Gasteiger charge is -2.24. The summed E-state index contributed by atoms with van der Waals surface area (Å²) in [5.41, 5.74) is 1.97. The van der Waals surface area contributed by atoms with Crippen LogP contribution >= 0.6 is 22.9 Å². The highest BCUT2D eigenvalue weighted by atomic mass is 35.5. The lowest BCUT2D eigenvalue weighted by Crippen LogP contribution is -2.41. The van der Waals surface area contributed by atoms with Crippen molar-refractivity contribution in [1.82, 2.24) is 9.62 Å². The van der Waals surface area contributed by atoms with Crippen molar-refractivity contribution < 1.29 is 13.2 Å². The van der Waals surface area contributed by atoms with E-state index in [0.29, 0.717) is 24.0 Å². The Morgan fingerprint density at radius 3 is 2.56 bits per heavy atom. The largest absolute Gasteiger partial charge is 0.311 e. The highest BCUT2D eigenvalue weighted by Gasteiger charge is 2.36. The standard InChI is InChI=1S/C23H26ClN3O3S2/c1-4-20(26(2)3)15-6-9-18(10-7-15)27-12-11-19(23(27)28)25-32(29,30)22-13-16-5-8-17(24)14-21(16)31-22/h5-10,13-14,19-20,25H,4,11-12H2,1-3H3/t19-,20+/m0/s1. The van der Waals surface area contributed by atoms with Gasteiger partial charge in [0.15, 0.2) is 0 Å². The maximum Gasteiger partial charge on any atom is 0.250 e. The fourth-order valence-corrected chi connectivity index (χ4v) is 7.09. The second-order valence-electron chi connectivity index (χ2n) is 8.18. The molecule has 0 bridgehead atoms. The summed E-state index contributed by atoms with van der Waals surface area (Å²) in [6.07, 6.45) is 1.41. The van der Waals surface area contributed by atoms with Crippen LogP contribution in [-0.4, -0.2) is 45.9 Å². The summed E-state index contributed by atoms with van der Waals surface area (Å²) in [6, 6.07) is 14.4. The highest BCUT2D eigenvalue weighted by Crippen LogP contribution is 2.32. The van der Waals surface area contributed by atoms with Crippen molar-refractivity contribution in [2.75, 3.05) is 25.5 Å². The molecule has 9 heteroatoms. The number of rotatable bonds is 7. The zero-order chi connectivity index (χ0) is 23.0. The minimum Gasteiger partial charge on any atom is -0.311 e. The molecule has 0 spiro atoms. The van der Waals surface area contributed by atoms with Crippen LogP contribution in [0.2, 0.25) is 5.02 Å². The molecule has 1 aliphatic heterocycles. The summed E-state index contributed by atoms with van der Waals surface area (Å²) in [7, 11) is 0.284. The minimum absolute atomic E-state index is 0.180. The molecular weight excluding hydrogens is 466 g/mol. The third kappa shape index (κ3) is 4.56. The van der Waals surface area contributed by atoms with Gasteiger partial charge in [-0.15, -0.1) is 11.3 Å². The molecule has 1 saturated heterocycles. The van der Waals surface area contributed by atoms with Gasteiger partial charge in [-0.05, 0) is 68.2 Å². The van der Waals surface area contributed by atoms with Gasteiger partial charge in [0, 0.05) is 28.0 Å². The third-order valence-electron chi connectivity index (χ3n) is 5.83. The molecule has 0 saturated carbocycles. The Kier molecular flexibility index (Phi) is 6.61. The number of amides is 1. The zero-order valence-corrected chi connectivity index (χ0v) is 20.6. The molecule has 1 aliphatic rings. The molecule has 0 aliphatic carbocycles. The molecule has 6 nitrogen and oxygen atoms in total. The van der Waals surface area contributed by atoms with E-state index in [1.807, 2.05) is 38.4 Å². The van der Waals surface area contributed by atoms with Gasteiger partial charge in [0.05, 0.1) is 0 Å². The number of halogens is 1. The number of nitrogens with zero attached hydrogens (tertiary/aromatic N) is 2. The number of carbonyl (C=O) groups excluding carboxylic acids is 1. The zero-order valence-electron chi connectivity index (χ0n) is 18.2. The number of carbonyl (C=O) groups is 1. The molecular formula is C23H26ClN3O3S2. The Labute approximate surface area is 197 Å². The molecule has 3 aromatic rings. The molecule has 0 radical (unpaired) electrons. The third-order valence-corrected chi connectivity index (χ3v) is 9.11. The molecule has 2 atom stereocenters. The monoisotopic (exact) mass is 491 g/mol. The highest BCUT2D eigenvalue weighted by molar-refractivity contribution is 7.91. The maximum absolute atomic E-state index is 13.0. The van der Waals surface area contributed by atoms with Gasteiger partial charge in [-0.1, -0.05) is 36.7 Å². The molecule has 4 rings (SSSR count). The quantitative estimate of drug-likeness (QED) is 0.522. The molecule has 2 aromatic carbocycles. The van der Waals surface area contributed by atoms with Crippen LogP contribution in [0.1, 0.15) is 31.4 Å². The molecule has 1 N–H and O–H groups in total. The molecule has 1 amide bonds. The van der Waals surface area contributed by atoms with Crippen LogP contribution in [0.25, 0.3) is 10.1 Å². The van der Waals surface area contributed by atoms with E-state index < -0.39 is 16.1 Å². The Hall–Kier alpha value is -1.97. The number of thiophene rings is 1. The van der Waals surface area contributed by atoms with Crippen molar-refractivity contribution >= 4 is 54.6 Å². The van der Waals surface area contributed by atoms with Crippen LogP contribution in [0.15, 0.2) is 52.7 Å². The maximum atomic E-state index is 13.0. The Bertz CT molecular complexity index is 1240. The predicted octanol–water partition coefficient (Wildman–Crippen LogP) is 4.65. The SMILES string of the molecule is CC[C@H](c1ccc(N2CC[C@H](NS(=O)(=O)c3cc4ccc(Cl)cc4s3)C2=O)cc1)N(C)C. The lowest BCUT2D eigenvalue weighted by molar-refractivity contribution is -0.118. The van der Waals surface area contributed by atoms with Gasteiger partial charge < -0.3 is 9.80 Å². The van der Waals surface area contributed by atoms with Gasteiger partial charge in [0.1, 0.15) is 10.3 Å². The van der Waals surface area contributed by atoms with Gasteiger partial charge >= 0.3 is 0 Å². The summed E-state index contributed by atoms with van der Waals surface area (Å²) in [6.45, 7) is 2.61. The van der Waals surface area contributed by atoms with E-state index in [4.69, 9.17) is 11.6 Å². The van der Waals surface area contributed by atoms with E-state index in [1.165, 1.54) is 5.56 Å². The second kappa shape index (κ2) is 9.11. The molecule has 1 fully saturated rings. The van der Waals surface area contributed by atoms with Crippen LogP contribution in [0.4, 0.5) is 5.69 Å². The van der Waals surface area contributed by atoms with Gasteiger partial charge in [-0.25, -0.2) is 8.42 Å². The van der Waals surface area contributed by atoms with Crippen LogP contribution in [0.5, 0.6) is 0 Å². The van der Waals surface area contributed by atoms with Crippen molar-refractivity contribution in [2.24, 2.45) is 0 Å². The van der Waals surface area contributed by atoms with Crippen LogP contribution in [0, 0.1) is 0 Å². The second-order valence-corrected chi connectivity index (χ2v) is 11.6. The first-order chi connectivity index (χ1) is 15.2. The topological polar surface area (TPSA) is 69.7 Å². The predicted molar refractivity (Wildman–Crippen MR) is 131 cm³/mol. The van der Waals surface area contributed by atoms with E-state index in [9.17, 15) is 13.2 Å². The van der Waals surface area contributed by atoms with E-state index >= 15 is 0 Å². The molecule has 0 unspecified atom stereocenters. The fraction of sp³-hybridized carbons (Fsp3) is 0.348. The summed E-state index contributed by atoms with van der Waals surface area (Å²) >= 11 is 7.16. The van der Waals surface area contributed by atoms with E-state index in [-0.39, 0.29) is 10.1 Å². The summed E-state index contributed by atoms with van der Waals surface area (Å²) in [5, 5.41) is 1.36. The average molecular weight is 492 g/mol. The fourth-order valence-electron chi connectivity index (χ4n) is 4.18. The van der Waals surface area contributed by atoms with Crippen LogP contribution < -0.4 is 9.62 Å². The van der Waals surface area contributed by atoms with Crippen molar-refractivity contribution in [2.45, 2.75) is 36.1 Å². The van der Waals surface area contributed by atoms with Crippen molar-refractivity contribution in [1.29, 1.82) is 0 Å². The summed E-state index contributed by atoms with van der Waals surface area (Å²) in [4.78, 5) is 16.8. The van der Waals surface area contributed by atoms with Crippen molar-refractivity contribution in [3.05, 3.63) is 59.1 Å². The number of sulfonamides is 1. The number of benzene rings is 2. The number of fused-ring (bicyclic) bond motifs is 1. The minimum atomic E-state index is -3.82. The van der Waals surface area contributed by atoms with Gasteiger partial charge in [0.2, 0.25) is 5.91 Å². The van der Waals surface area contributed by atoms with E-state index in [1.54, 1.807) is 29.2 Å². The number of anilines is 1.